The van der Waals surface area contributed by atoms with Crippen LogP contribution in [0.5, 0.6) is 0 Å². The zero-order valence-corrected chi connectivity index (χ0v) is 9.05. The van der Waals surface area contributed by atoms with Crippen molar-refractivity contribution in [3.05, 3.63) is 0 Å². The summed E-state index contributed by atoms with van der Waals surface area (Å²) in [6, 6.07) is 0. The maximum atomic E-state index is 10.7. The Morgan fingerprint density at radius 1 is 0.867 bits per heavy atom. The van der Waals surface area contributed by atoms with Gasteiger partial charge >= 0.3 is 0 Å². The van der Waals surface area contributed by atoms with Gasteiger partial charge in [0.05, 0.1) is 0 Å². The van der Waals surface area contributed by atoms with Gasteiger partial charge in [-0.2, -0.15) is 16.8 Å². The summed E-state index contributed by atoms with van der Waals surface area (Å²) in [5.41, 5.74) is 0. The molecule has 92 valence electrons. The third kappa shape index (κ3) is 3.64. The van der Waals surface area contributed by atoms with Crippen LogP contribution in [0.15, 0.2) is 0 Å². The molecule has 1 heterocycles. The minimum Gasteiger partial charge on any atom is -0.412 e. The van der Waals surface area contributed by atoms with E-state index in [0.717, 1.165) is 0 Å². The number of hydrogen-bond acceptors (Lipinski definition) is 6. The first-order chi connectivity index (χ1) is 6.23. The number of piperazine rings is 1. The molecule has 1 saturated heterocycles. The van der Waals surface area contributed by atoms with Gasteiger partial charge in [0.1, 0.15) is 0 Å². The molecule has 9 nitrogen and oxygen atoms in total. The molecule has 1 rings (SSSR count). The molecule has 11 heteroatoms. The Kier molecular flexibility index (Phi) is 4.60. The van der Waals surface area contributed by atoms with E-state index < -0.39 is 31.0 Å². The molecule has 0 spiro atoms. The first-order valence-electron chi connectivity index (χ1n) is 3.62. The van der Waals surface area contributed by atoms with Gasteiger partial charge in [-0.3, -0.25) is 19.7 Å². The zero-order valence-electron chi connectivity index (χ0n) is 7.41. The summed E-state index contributed by atoms with van der Waals surface area (Å²) in [5, 5.41) is 1.06. The third-order valence-electron chi connectivity index (χ3n) is 1.73. The average Bonchev–Trinajstić information content (AvgIpc) is 2.01. The van der Waals surface area contributed by atoms with Crippen molar-refractivity contribution in [1.82, 2.24) is 10.6 Å². The van der Waals surface area contributed by atoms with Crippen LogP contribution in [-0.4, -0.2) is 55.3 Å². The van der Waals surface area contributed by atoms with Gasteiger partial charge in [0.25, 0.3) is 20.2 Å². The van der Waals surface area contributed by atoms with E-state index >= 15 is 0 Å². The van der Waals surface area contributed by atoms with Gasteiger partial charge in [-0.15, -0.1) is 0 Å². The molecule has 6 N–H and O–H groups in total. The Labute approximate surface area is 86.7 Å². The summed E-state index contributed by atoms with van der Waals surface area (Å²) in [5.74, 6) is 0. The molecular weight excluding hydrogens is 252 g/mol. The lowest BCUT2D eigenvalue weighted by molar-refractivity contribution is 0.372. The van der Waals surface area contributed by atoms with E-state index in [1.54, 1.807) is 0 Å². The molecular formula is C4H12N2O7S2. The fourth-order valence-corrected chi connectivity index (χ4v) is 3.48. The Bertz CT molecular complexity index is 361. The molecule has 0 bridgehead atoms. The Morgan fingerprint density at radius 2 is 1.13 bits per heavy atom. The van der Waals surface area contributed by atoms with Crippen molar-refractivity contribution in [2.45, 2.75) is 10.7 Å². The molecule has 1 aliphatic rings. The van der Waals surface area contributed by atoms with E-state index in [9.17, 15) is 16.8 Å². The van der Waals surface area contributed by atoms with E-state index in [1.165, 1.54) is 0 Å². The molecule has 2 unspecified atom stereocenters. The summed E-state index contributed by atoms with van der Waals surface area (Å²) < 4.78 is 60.2. The highest BCUT2D eigenvalue weighted by Gasteiger charge is 2.41. The fourth-order valence-electron chi connectivity index (χ4n) is 1.17. The van der Waals surface area contributed by atoms with Crippen LogP contribution < -0.4 is 10.6 Å². The standard InChI is InChI=1S/C4H10N2O6S2.H2O/c7-13(8,9)3-4(14(10,11)12)6-2-1-5-3;/h3-6H,1-2H2,(H,7,8,9)(H,10,11,12);1H2. The lowest BCUT2D eigenvalue weighted by Crippen LogP contribution is -2.61. The van der Waals surface area contributed by atoms with Crippen LogP contribution in [0.1, 0.15) is 0 Å². The SMILES string of the molecule is O.O=S(=O)(O)C1NCCNC1S(=O)(=O)O. The average molecular weight is 264 g/mol. The molecule has 1 fully saturated rings. The lowest BCUT2D eigenvalue weighted by atomic mass is 10.4. The van der Waals surface area contributed by atoms with Gasteiger partial charge in [-0.05, 0) is 0 Å². The second kappa shape index (κ2) is 4.69. The molecule has 0 radical (unpaired) electrons. The van der Waals surface area contributed by atoms with Crippen LogP contribution in [-0.2, 0) is 20.2 Å². The van der Waals surface area contributed by atoms with Crippen molar-refractivity contribution in [2.24, 2.45) is 0 Å². The Hall–Kier alpha value is -0.300. The van der Waals surface area contributed by atoms with Gasteiger partial charge in [-0.25, -0.2) is 0 Å². The first kappa shape index (κ1) is 14.7. The molecule has 2 atom stereocenters. The molecule has 0 amide bonds. The molecule has 1 aliphatic heterocycles. The van der Waals surface area contributed by atoms with Crippen LogP contribution >= 0.6 is 0 Å². The second-order valence-corrected chi connectivity index (χ2v) is 5.86. The molecule has 0 aromatic heterocycles. The molecule has 0 aromatic carbocycles. The van der Waals surface area contributed by atoms with Gasteiger partial charge in [0.2, 0.25) is 0 Å². The summed E-state index contributed by atoms with van der Waals surface area (Å²) in [7, 11) is -9.14. The monoisotopic (exact) mass is 264 g/mol. The first-order valence-corrected chi connectivity index (χ1v) is 6.63. The lowest BCUT2D eigenvalue weighted by Gasteiger charge is -2.28. The topological polar surface area (TPSA) is 164 Å². The largest absolute Gasteiger partial charge is 0.412 e. The van der Waals surface area contributed by atoms with Crippen molar-refractivity contribution in [1.29, 1.82) is 0 Å². The molecule has 15 heavy (non-hydrogen) atoms. The minimum absolute atomic E-state index is 0. The van der Waals surface area contributed by atoms with Gasteiger partial charge in [-0.1, -0.05) is 0 Å². The van der Waals surface area contributed by atoms with Crippen molar-refractivity contribution in [3.63, 3.8) is 0 Å². The Balaban J connectivity index is 0.00000196. The van der Waals surface area contributed by atoms with E-state index in [4.69, 9.17) is 9.11 Å². The van der Waals surface area contributed by atoms with Crippen LogP contribution in [0, 0.1) is 0 Å². The summed E-state index contributed by atoms with van der Waals surface area (Å²) in [6.45, 7) is 0.354. The van der Waals surface area contributed by atoms with Crippen molar-refractivity contribution >= 4 is 20.2 Å². The molecule has 0 saturated carbocycles. The zero-order chi connectivity index (χ0) is 11.0. The van der Waals surface area contributed by atoms with Gasteiger partial charge < -0.3 is 5.48 Å². The van der Waals surface area contributed by atoms with Crippen LogP contribution in [0.4, 0.5) is 0 Å². The maximum Gasteiger partial charge on any atom is 0.283 e. The molecule has 0 aromatic rings. The highest BCUT2D eigenvalue weighted by molar-refractivity contribution is 7.90. The predicted octanol–water partition coefficient (Wildman–Crippen LogP) is -3.22. The quantitative estimate of drug-likeness (QED) is 0.378. The van der Waals surface area contributed by atoms with Crippen LogP contribution in [0.3, 0.4) is 0 Å². The van der Waals surface area contributed by atoms with E-state index in [1.807, 2.05) is 0 Å². The Morgan fingerprint density at radius 3 is 1.33 bits per heavy atom. The van der Waals surface area contributed by atoms with Crippen molar-refractivity contribution in [3.8, 4) is 0 Å². The van der Waals surface area contributed by atoms with E-state index in [2.05, 4.69) is 10.6 Å². The highest BCUT2D eigenvalue weighted by atomic mass is 32.2. The number of hydrogen-bond donors (Lipinski definition) is 4. The number of rotatable bonds is 2. The summed E-state index contributed by atoms with van der Waals surface area (Å²) in [4.78, 5) is 0. The summed E-state index contributed by atoms with van der Waals surface area (Å²) >= 11 is 0. The van der Waals surface area contributed by atoms with E-state index in [-0.39, 0.29) is 18.6 Å². The fraction of sp³-hybridized carbons (Fsp3) is 1.00. The number of nitrogens with one attached hydrogen (secondary N) is 2. The predicted molar refractivity (Wildman–Crippen MR) is 50.3 cm³/mol. The second-order valence-electron chi connectivity index (χ2n) is 2.78. The van der Waals surface area contributed by atoms with Crippen molar-refractivity contribution in [2.75, 3.05) is 13.1 Å². The van der Waals surface area contributed by atoms with Crippen molar-refractivity contribution < 1.29 is 31.4 Å². The van der Waals surface area contributed by atoms with E-state index in [0.29, 0.717) is 0 Å². The van der Waals surface area contributed by atoms with Gasteiger partial charge in [0, 0.05) is 13.1 Å². The third-order valence-corrected chi connectivity index (χ3v) is 4.07. The smallest absolute Gasteiger partial charge is 0.283 e. The minimum atomic E-state index is -4.57. The normalized spacial score (nSPS) is 28.1. The summed E-state index contributed by atoms with van der Waals surface area (Å²) in [6.07, 6.45) is 0. The highest BCUT2D eigenvalue weighted by Crippen LogP contribution is 2.09. The van der Waals surface area contributed by atoms with Crippen LogP contribution in [0.25, 0.3) is 0 Å². The van der Waals surface area contributed by atoms with Crippen LogP contribution in [0.2, 0.25) is 0 Å². The van der Waals surface area contributed by atoms with Gasteiger partial charge in [0.15, 0.2) is 10.7 Å². The molecule has 0 aliphatic carbocycles. The maximum absolute atomic E-state index is 10.7.